The molecule has 3 heterocycles. The summed E-state index contributed by atoms with van der Waals surface area (Å²) in [4.78, 5) is 23.0. The average Bonchev–Trinajstić information content (AvgIpc) is 2.59. The summed E-state index contributed by atoms with van der Waals surface area (Å²) in [6, 6.07) is 2.10. The highest BCUT2D eigenvalue weighted by Crippen LogP contribution is 2.49. The maximum Gasteiger partial charge on any atom is 0.290 e. The molecular formula is C18H20N4OS. The lowest BCUT2D eigenvalue weighted by Crippen LogP contribution is -2.45. The SMILES string of the molecule is CSC1C=C2C(=NC(=O)C(C#N)=C2N2CCC3(CCC3)CC2)C=N1. The van der Waals surface area contributed by atoms with E-state index in [1.165, 1.54) is 19.3 Å². The summed E-state index contributed by atoms with van der Waals surface area (Å²) in [5, 5.41) is 9.56. The van der Waals surface area contributed by atoms with Crippen molar-refractivity contribution in [1.82, 2.24) is 4.90 Å². The summed E-state index contributed by atoms with van der Waals surface area (Å²) in [6.07, 6.45) is 12.0. The van der Waals surface area contributed by atoms with E-state index in [-0.39, 0.29) is 10.9 Å². The van der Waals surface area contributed by atoms with E-state index < -0.39 is 5.91 Å². The lowest BCUT2D eigenvalue weighted by Gasteiger charge is -2.49. The quantitative estimate of drug-likeness (QED) is 0.775. The van der Waals surface area contributed by atoms with Crippen molar-refractivity contribution in [2.45, 2.75) is 37.5 Å². The third-order valence-electron chi connectivity index (χ3n) is 5.76. The van der Waals surface area contributed by atoms with Gasteiger partial charge in [-0.2, -0.15) is 5.26 Å². The molecule has 124 valence electrons. The Kier molecular flexibility index (Phi) is 3.84. The molecule has 1 saturated heterocycles. The largest absolute Gasteiger partial charge is 0.370 e. The van der Waals surface area contributed by atoms with Gasteiger partial charge in [-0.15, -0.1) is 11.8 Å². The number of hydrogen-bond acceptors (Lipinski definition) is 5. The fourth-order valence-corrected chi connectivity index (χ4v) is 4.57. The molecule has 0 aromatic rings. The molecule has 1 saturated carbocycles. The van der Waals surface area contributed by atoms with E-state index in [0.29, 0.717) is 11.1 Å². The Hall–Kier alpha value is -1.87. The molecule has 4 aliphatic rings. The zero-order chi connectivity index (χ0) is 16.7. The number of thioether (sulfide) groups is 1. The standard InChI is InChI=1S/C18H20N4OS/c1-24-15-9-12-14(11-20-15)21-17(23)13(10-19)16(12)22-7-5-18(6-8-22)3-2-4-18/h9,11,15H,2-8H2,1H3. The van der Waals surface area contributed by atoms with Gasteiger partial charge in [0.25, 0.3) is 5.91 Å². The summed E-state index contributed by atoms with van der Waals surface area (Å²) < 4.78 is 0. The van der Waals surface area contributed by atoms with Gasteiger partial charge in [-0.3, -0.25) is 9.79 Å². The second kappa shape index (κ2) is 5.89. The number of likely N-dealkylation sites (tertiary alicyclic amines) is 1. The van der Waals surface area contributed by atoms with Gasteiger partial charge in [0.1, 0.15) is 17.0 Å². The number of aliphatic imine (C=N–C) groups is 2. The van der Waals surface area contributed by atoms with Crippen LogP contribution in [0.3, 0.4) is 0 Å². The molecule has 3 aliphatic heterocycles. The number of rotatable bonds is 2. The van der Waals surface area contributed by atoms with Crippen molar-refractivity contribution in [2.24, 2.45) is 15.4 Å². The predicted molar refractivity (Wildman–Crippen MR) is 96.1 cm³/mol. The molecule has 4 rings (SSSR count). The minimum Gasteiger partial charge on any atom is -0.370 e. The normalized spacial score (nSPS) is 28.1. The van der Waals surface area contributed by atoms with Crippen LogP contribution in [-0.4, -0.2) is 47.5 Å². The van der Waals surface area contributed by atoms with E-state index in [1.54, 1.807) is 18.0 Å². The number of piperidine rings is 1. The Bertz CT molecular complexity index is 741. The molecule has 0 N–H and O–H groups in total. The molecule has 6 heteroatoms. The average molecular weight is 340 g/mol. The Balaban J connectivity index is 1.69. The zero-order valence-corrected chi connectivity index (χ0v) is 14.6. The summed E-state index contributed by atoms with van der Waals surface area (Å²) in [6.45, 7) is 1.83. The molecular weight excluding hydrogens is 320 g/mol. The zero-order valence-electron chi connectivity index (χ0n) is 13.8. The van der Waals surface area contributed by atoms with E-state index in [2.05, 4.69) is 21.0 Å². The number of fused-ring (bicyclic) bond motifs is 1. The minimum atomic E-state index is -0.433. The second-order valence-corrected chi connectivity index (χ2v) is 7.92. The highest BCUT2D eigenvalue weighted by atomic mass is 32.2. The van der Waals surface area contributed by atoms with Crippen LogP contribution in [0.5, 0.6) is 0 Å². The van der Waals surface area contributed by atoms with Crippen molar-refractivity contribution < 1.29 is 4.79 Å². The third-order valence-corrected chi connectivity index (χ3v) is 6.51. The summed E-state index contributed by atoms with van der Waals surface area (Å²) >= 11 is 1.63. The van der Waals surface area contributed by atoms with Gasteiger partial charge in [0, 0.05) is 24.9 Å². The van der Waals surface area contributed by atoms with Gasteiger partial charge in [0.05, 0.1) is 11.4 Å². The second-order valence-electron chi connectivity index (χ2n) is 6.96. The highest BCUT2D eigenvalue weighted by molar-refractivity contribution is 7.99. The van der Waals surface area contributed by atoms with Crippen LogP contribution in [0.15, 0.2) is 32.9 Å². The Morgan fingerprint density at radius 2 is 2.08 bits per heavy atom. The molecule has 0 bridgehead atoms. The molecule has 1 spiro atoms. The maximum absolute atomic E-state index is 12.3. The van der Waals surface area contributed by atoms with Gasteiger partial charge >= 0.3 is 0 Å². The van der Waals surface area contributed by atoms with Crippen LogP contribution >= 0.6 is 11.8 Å². The third kappa shape index (κ3) is 2.42. The molecule has 1 aliphatic carbocycles. The highest BCUT2D eigenvalue weighted by Gasteiger charge is 2.41. The number of nitrogens with zero attached hydrogens (tertiary/aromatic N) is 4. The van der Waals surface area contributed by atoms with Crippen molar-refractivity contribution in [3.63, 3.8) is 0 Å². The van der Waals surface area contributed by atoms with Crippen molar-refractivity contribution in [1.29, 1.82) is 5.26 Å². The van der Waals surface area contributed by atoms with Gasteiger partial charge in [0.2, 0.25) is 0 Å². The molecule has 0 radical (unpaired) electrons. The smallest absolute Gasteiger partial charge is 0.290 e. The first kappa shape index (κ1) is 15.6. The van der Waals surface area contributed by atoms with Crippen LogP contribution in [-0.2, 0) is 4.79 Å². The first-order valence-corrected chi connectivity index (χ1v) is 9.75. The van der Waals surface area contributed by atoms with Crippen molar-refractivity contribution >= 4 is 29.6 Å². The van der Waals surface area contributed by atoms with E-state index in [0.717, 1.165) is 37.2 Å². The number of amides is 1. The van der Waals surface area contributed by atoms with E-state index >= 15 is 0 Å². The first-order chi connectivity index (χ1) is 11.7. The van der Waals surface area contributed by atoms with Crippen molar-refractivity contribution in [3.8, 4) is 6.07 Å². The number of carbonyl (C=O) groups excluding carboxylic acids is 1. The molecule has 2 fully saturated rings. The van der Waals surface area contributed by atoms with Gasteiger partial charge in [0.15, 0.2) is 0 Å². The number of carbonyl (C=O) groups is 1. The Morgan fingerprint density at radius 3 is 2.67 bits per heavy atom. The fourth-order valence-electron chi connectivity index (χ4n) is 4.11. The van der Waals surface area contributed by atoms with Crippen molar-refractivity contribution in [2.75, 3.05) is 19.3 Å². The van der Waals surface area contributed by atoms with Gasteiger partial charge in [-0.1, -0.05) is 6.42 Å². The molecule has 24 heavy (non-hydrogen) atoms. The topological polar surface area (TPSA) is 68.8 Å². The molecule has 1 amide bonds. The van der Waals surface area contributed by atoms with Crippen LogP contribution in [0.4, 0.5) is 0 Å². The molecule has 1 atom stereocenters. The predicted octanol–water partition coefficient (Wildman–Crippen LogP) is 2.71. The fraction of sp³-hybridized carbons (Fsp3) is 0.556. The van der Waals surface area contributed by atoms with Crippen LogP contribution in [0.25, 0.3) is 0 Å². The molecule has 0 aromatic carbocycles. The number of nitriles is 1. The lowest BCUT2D eigenvalue weighted by atomic mass is 9.63. The monoisotopic (exact) mass is 340 g/mol. The lowest BCUT2D eigenvalue weighted by molar-refractivity contribution is -0.114. The molecule has 5 nitrogen and oxygen atoms in total. The number of dihydropyridines is 2. The first-order valence-electron chi connectivity index (χ1n) is 8.47. The van der Waals surface area contributed by atoms with Crippen molar-refractivity contribution in [3.05, 3.63) is 22.9 Å². The van der Waals surface area contributed by atoms with Gasteiger partial charge in [-0.25, -0.2) is 4.99 Å². The van der Waals surface area contributed by atoms with Gasteiger partial charge < -0.3 is 4.90 Å². The van der Waals surface area contributed by atoms with Gasteiger partial charge in [-0.05, 0) is 43.4 Å². The van der Waals surface area contributed by atoms with Crippen LogP contribution in [0.2, 0.25) is 0 Å². The number of hydrogen-bond donors (Lipinski definition) is 0. The Labute approximate surface area is 146 Å². The van der Waals surface area contributed by atoms with Crippen LogP contribution in [0.1, 0.15) is 32.1 Å². The summed E-state index contributed by atoms with van der Waals surface area (Å²) in [5.74, 6) is -0.433. The van der Waals surface area contributed by atoms with Crippen LogP contribution in [0, 0.1) is 16.7 Å². The van der Waals surface area contributed by atoms with E-state index in [9.17, 15) is 10.1 Å². The summed E-state index contributed by atoms with van der Waals surface area (Å²) in [5.41, 5.74) is 3.01. The minimum absolute atomic E-state index is 0.0184. The Morgan fingerprint density at radius 1 is 1.33 bits per heavy atom. The van der Waals surface area contributed by atoms with E-state index in [4.69, 9.17) is 0 Å². The molecule has 0 aromatic heterocycles. The van der Waals surface area contributed by atoms with Crippen LogP contribution < -0.4 is 0 Å². The number of allylic oxidation sites excluding steroid dienone is 1. The van der Waals surface area contributed by atoms with E-state index in [1.807, 2.05) is 12.3 Å². The molecule has 1 unspecified atom stereocenters. The summed E-state index contributed by atoms with van der Waals surface area (Å²) in [7, 11) is 0. The maximum atomic E-state index is 12.3.